The quantitative estimate of drug-likeness (QED) is 0.411. The topological polar surface area (TPSA) is 40.5 Å². The second-order valence-electron chi connectivity index (χ2n) is 6.88. The number of rotatable bonds is 5. The largest absolute Gasteiger partial charge is 0.492 e. The first-order valence-electron chi connectivity index (χ1n) is 8.93. The van der Waals surface area contributed by atoms with Gasteiger partial charge in [0.2, 0.25) is 0 Å². The van der Waals surface area contributed by atoms with E-state index in [0.29, 0.717) is 39.2 Å². The number of aromatic nitrogens is 1. The van der Waals surface area contributed by atoms with Crippen LogP contribution in [-0.4, -0.2) is 17.8 Å². The zero-order valence-corrected chi connectivity index (χ0v) is 18.1. The Morgan fingerprint density at radius 3 is 2.85 bits per heavy atom. The minimum absolute atomic E-state index is 0.00611. The molecule has 1 aromatic carbocycles. The maximum absolute atomic E-state index is 12.3. The molecule has 2 aromatic rings. The number of pyridine rings is 1. The number of benzene rings is 1. The molecule has 0 unspecified atom stereocenters. The Labute approximate surface area is 172 Å². The van der Waals surface area contributed by atoms with E-state index in [0.717, 1.165) is 24.1 Å². The first kappa shape index (κ1) is 19.5. The molecule has 0 radical (unpaired) electrons. The molecule has 1 aliphatic heterocycles. The van der Waals surface area contributed by atoms with Crippen LogP contribution in [0.1, 0.15) is 39.7 Å². The third kappa shape index (κ3) is 3.88. The first-order chi connectivity index (χ1) is 12.4. The monoisotopic (exact) mass is 487 g/mol. The van der Waals surface area contributed by atoms with Gasteiger partial charge in [-0.15, -0.1) is 0 Å². The van der Waals surface area contributed by atoms with Crippen LogP contribution in [0.5, 0.6) is 11.5 Å². The van der Waals surface area contributed by atoms with Crippen LogP contribution in [0.2, 0.25) is 5.02 Å². The van der Waals surface area contributed by atoms with Gasteiger partial charge >= 0.3 is 0 Å². The molecule has 0 saturated heterocycles. The van der Waals surface area contributed by atoms with Crippen molar-refractivity contribution in [3.05, 3.63) is 43.2 Å². The molecule has 0 aliphatic carbocycles. The average molecular weight is 488 g/mol. The van der Waals surface area contributed by atoms with Gasteiger partial charge in [0.05, 0.1) is 26.9 Å². The number of fused-ring (bicyclic) bond motifs is 3. The van der Waals surface area contributed by atoms with Crippen LogP contribution in [0, 0.1) is 9.49 Å². The zero-order chi connectivity index (χ0) is 18.8. The van der Waals surface area contributed by atoms with E-state index in [1.165, 1.54) is 0 Å². The van der Waals surface area contributed by atoms with Crippen LogP contribution < -0.4 is 14.9 Å². The highest BCUT2D eigenvalue weighted by Crippen LogP contribution is 2.42. The van der Waals surface area contributed by atoms with Crippen molar-refractivity contribution < 1.29 is 9.47 Å². The molecule has 0 amide bonds. The van der Waals surface area contributed by atoms with Crippen molar-refractivity contribution >= 4 is 34.2 Å². The van der Waals surface area contributed by atoms with Crippen LogP contribution >= 0.6 is 34.2 Å². The SMILES string of the molecule is CCCCOc1cc2c(cc1Cl)-c1cc(=O)c(I)cn1[C@H](C(C)C)CO2. The molecule has 1 aromatic heterocycles. The van der Waals surface area contributed by atoms with Crippen LogP contribution in [0.3, 0.4) is 0 Å². The molecular formula is C20H23ClINO3. The van der Waals surface area contributed by atoms with Crippen molar-refractivity contribution in [2.24, 2.45) is 5.92 Å². The van der Waals surface area contributed by atoms with Crippen molar-refractivity contribution in [3.63, 3.8) is 0 Å². The lowest BCUT2D eigenvalue weighted by Crippen LogP contribution is -2.24. The van der Waals surface area contributed by atoms with Gasteiger partial charge in [-0.2, -0.15) is 0 Å². The van der Waals surface area contributed by atoms with Crippen molar-refractivity contribution in [2.45, 2.75) is 39.7 Å². The first-order valence-corrected chi connectivity index (χ1v) is 10.4. The van der Waals surface area contributed by atoms with Crippen molar-refractivity contribution in [2.75, 3.05) is 13.2 Å². The summed E-state index contributed by atoms with van der Waals surface area (Å²) in [5.74, 6) is 1.69. The van der Waals surface area contributed by atoms with Gasteiger partial charge < -0.3 is 14.0 Å². The summed E-state index contributed by atoms with van der Waals surface area (Å²) in [6.45, 7) is 7.59. The fourth-order valence-electron chi connectivity index (χ4n) is 3.07. The number of ether oxygens (including phenoxy) is 2. The number of nitrogens with zero attached hydrogens (tertiary/aromatic N) is 1. The number of halogens is 2. The molecule has 0 spiro atoms. The fourth-order valence-corrected chi connectivity index (χ4v) is 3.75. The highest BCUT2D eigenvalue weighted by Gasteiger charge is 2.26. The van der Waals surface area contributed by atoms with Gasteiger partial charge in [0.1, 0.15) is 18.1 Å². The summed E-state index contributed by atoms with van der Waals surface area (Å²) in [6, 6.07) is 5.51. The normalized spacial score (nSPS) is 15.8. The molecule has 2 heterocycles. The third-order valence-electron chi connectivity index (χ3n) is 4.64. The van der Waals surface area contributed by atoms with E-state index < -0.39 is 0 Å². The van der Waals surface area contributed by atoms with Gasteiger partial charge in [-0.25, -0.2) is 0 Å². The summed E-state index contributed by atoms with van der Waals surface area (Å²) in [7, 11) is 0. The number of unbranched alkanes of at least 4 members (excludes halogenated alkanes) is 1. The highest BCUT2D eigenvalue weighted by atomic mass is 127. The highest BCUT2D eigenvalue weighted by molar-refractivity contribution is 14.1. The van der Waals surface area contributed by atoms with E-state index >= 15 is 0 Å². The lowest BCUT2D eigenvalue weighted by atomic mass is 10.0. The second kappa shape index (κ2) is 8.21. The Hall–Kier alpha value is -1.21. The average Bonchev–Trinajstić information content (AvgIpc) is 2.73. The van der Waals surface area contributed by atoms with Gasteiger partial charge in [0, 0.05) is 23.9 Å². The molecular weight excluding hydrogens is 465 g/mol. The van der Waals surface area contributed by atoms with E-state index in [9.17, 15) is 4.79 Å². The van der Waals surface area contributed by atoms with E-state index in [4.69, 9.17) is 21.1 Å². The summed E-state index contributed by atoms with van der Waals surface area (Å²) in [4.78, 5) is 12.3. The molecule has 26 heavy (non-hydrogen) atoms. The maximum Gasteiger partial charge on any atom is 0.195 e. The van der Waals surface area contributed by atoms with Crippen LogP contribution in [-0.2, 0) is 0 Å². The smallest absolute Gasteiger partial charge is 0.195 e. The summed E-state index contributed by atoms with van der Waals surface area (Å²) < 4.78 is 14.8. The molecule has 0 N–H and O–H groups in total. The van der Waals surface area contributed by atoms with Crippen LogP contribution in [0.25, 0.3) is 11.3 Å². The van der Waals surface area contributed by atoms with Crippen molar-refractivity contribution in [1.82, 2.24) is 4.57 Å². The lowest BCUT2D eigenvalue weighted by molar-refractivity contribution is 0.218. The Kier molecular flexibility index (Phi) is 6.17. The standard InChI is InChI=1S/C20H23ClINO3/c1-4-5-6-25-20-9-19-13(7-14(20)21)16-8-18(24)15(22)10-23(16)17(11-26-19)12(2)3/h7-10,12,17H,4-6,11H2,1-3H3/t17-/m0/s1. The van der Waals surface area contributed by atoms with E-state index in [1.807, 2.05) is 18.3 Å². The van der Waals surface area contributed by atoms with E-state index in [2.05, 4.69) is 47.9 Å². The Morgan fingerprint density at radius 1 is 1.38 bits per heavy atom. The van der Waals surface area contributed by atoms with E-state index in [-0.39, 0.29) is 11.5 Å². The van der Waals surface area contributed by atoms with Gasteiger partial charge in [-0.3, -0.25) is 4.79 Å². The molecule has 1 atom stereocenters. The number of hydrogen-bond donors (Lipinski definition) is 0. The second-order valence-corrected chi connectivity index (χ2v) is 8.45. The van der Waals surface area contributed by atoms with Crippen LogP contribution in [0.15, 0.2) is 29.2 Å². The zero-order valence-electron chi connectivity index (χ0n) is 15.2. The molecule has 140 valence electrons. The maximum atomic E-state index is 12.3. The minimum Gasteiger partial charge on any atom is -0.492 e. The van der Waals surface area contributed by atoms with Crippen LogP contribution in [0.4, 0.5) is 0 Å². The predicted octanol–water partition coefficient (Wildman–Crippen LogP) is 5.54. The summed E-state index contributed by atoms with van der Waals surface area (Å²) in [6.07, 6.45) is 3.95. The molecule has 1 aliphatic rings. The third-order valence-corrected chi connectivity index (χ3v) is 5.74. The molecule has 4 nitrogen and oxygen atoms in total. The fraction of sp³-hybridized carbons (Fsp3) is 0.450. The van der Waals surface area contributed by atoms with Gasteiger partial charge in [0.25, 0.3) is 0 Å². The summed E-state index contributed by atoms with van der Waals surface area (Å²) in [5, 5.41) is 0.531. The summed E-state index contributed by atoms with van der Waals surface area (Å²) >= 11 is 8.55. The molecule has 0 fully saturated rings. The Bertz CT molecular complexity index is 863. The number of hydrogen-bond acceptors (Lipinski definition) is 3. The Morgan fingerprint density at radius 2 is 2.15 bits per heavy atom. The molecule has 0 bridgehead atoms. The van der Waals surface area contributed by atoms with Gasteiger partial charge in [0.15, 0.2) is 5.43 Å². The minimum atomic E-state index is 0.00611. The summed E-state index contributed by atoms with van der Waals surface area (Å²) in [5.41, 5.74) is 1.67. The molecule has 6 heteroatoms. The van der Waals surface area contributed by atoms with Gasteiger partial charge in [-0.1, -0.05) is 38.8 Å². The Balaban J connectivity index is 2.12. The lowest BCUT2D eigenvalue weighted by Gasteiger charge is -2.24. The van der Waals surface area contributed by atoms with Crippen molar-refractivity contribution in [3.8, 4) is 22.8 Å². The van der Waals surface area contributed by atoms with E-state index in [1.54, 1.807) is 6.07 Å². The molecule has 0 saturated carbocycles. The van der Waals surface area contributed by atoms with Crippen molar-refractivity contribution in [1.29, 1.82) is 0 Å². The molecule has 3 rings (SSSR count). The predicted molar refractivity (Wildman–Crippen MR) is 114 cm³/mol. The van der Waals surface area contributed by atoms with Gasteiger partial charge in [-0.05, 0) is 41.0 Å².